The Balaban J connectivity index is 0.765. The first kappa shape index (κ1) is 50.2. The molecule has 13 rings (SSSR count). The molecule has 0 spiro atoms. The molecule has 2 fully saturated rings. The molecule has 11 heteroatoms. The lowest BCUT2D eigenvalue weighted by atomic mass is 9.76. The Morgan fingerprint density at radius 1 is 0.525 bits per heavy atom. The van der Waals surface area contributed by atoms with E-state index in [1.165, 1.54) is 82.2 Å². The largest absolute Gasteiger partial charge is 0.495 e. The monoisotopic (exact) mass is 1060 g/mol. The number of fused-ring (bicyclic) bond motifs is 8. The van der Waals surface area contributed by atoms with Crippen molar-refractivity contribution in [1.82, 2.24) is 0 Å². The van der Waals surface area contributed by atoms with E-state index in [1.54, 1.807) is 19.2 Å². The van der Waals surface area contributed by atoms with Crippen molar-refractivity contribution in [1.29, 1.82) is 0 Å². The summed E-state index contributed by atoms with van der Waals surface area (Å²) in [6.07, 6.45) is 4.60. The van der Waals surface area contributed by atoms with Crippen LogP contribution in [0, 0.1) is 5.82 Å². The summed E-state index contributed by atoms with van der Waals surface area (Å²) in [5.41, 5.74) is 12.0. The second kappa shape index (κ2) is 20.5. The summed E-state index contributed by atoms with van der Waals surface area (Å²) in [6.45, 7) is 11.5. The maximum atomic E-state index is 13.3. The van der Waals surface area contributed by atoms with E-state index >= 15 is 0 Å². The van der Waals surface area contributed by atoms with E-state index in [0.717, 1.165) is 103 Å². The number of anilines is 4. The number of piperazine rings is 2. The lowest BCUT2D eigenvalue weighted by Gasteiger charge is -2.40. The van der Waals surface area contributed by atoms with Gasteiger partial charge in [0.2, 0.25) is 0 Å². The lowest BCUT2D eigenvalue weighted by Crippen LogP contribution is -2.46. The minimum absolute atomic E-state index is 0.213. The van der Waals surface area contributed by atoms with Gasteiger partial charge in [0, 0.05) is 96.9 Å². The highest BCUT2D eigenvalue weighted by molar-refractivity contribution is 6.10. The van der Waals surface area contributed by atoms with Gasteiger partial charge in [-0.2, -0.15) is 0 Å². The lowest BCUT2D eigenvalue weighted by molar-refractivity contribution is 0.0730. The van der Waals surface area contributed by atoms with Crippen molar-refractivity contribution < 1.29 is 32.9 Å². The fraction of sp³-hybridized carbons (Fsp3) is 0.188. The fourth-order valence-corrected chi connectivity index (χ4v) is 12.3. The molecular formula is C69H59FN4O6. The maximum Gasteiger partial charge on any atom is 0.343 e. The topological polar surface area (TPSA) is 84.0 Å². The Morgan fingerprint density at radius 3 is 1.60 bits per heavy atom. The van der Waals surface area contributed by atoms with E-state index in [-0.39, 0.29) is 16.7 Å². The summed E-state index contributed by atoms with van der Waals surface area (Å²) < 4.78 is 38.6. The van der Waals surface area contributed by atoms with E-state index in [0.29, 0.717) is 11.3 Å². The van der Waals surface area contributed by atoms with Crippen LogP contribution < -0.4 is 38.5 Å². The zero-order valence-corrected chi connectivity index (χ0v) is 44.9. The third kappa shape index (κ3) is 9.02. The van der Waals surface area contributed by atoms with Gasteiger partial charge in [-0.15, -0.1) is 0 Å². The highest BCUT2D eigenvalue weighted by Crippen LogP contribution is 2.59. The normalized spacial score (nSPS) is 17.1. The molecule has 0 saturated carbocycles. The molecule has 398 valence electrons. The van der Waals surface area contributed by atoms with E-state index in [1.807, 2.05) is 12.1 Å². The van der Waals surface area contributed by atoms with E-state index in [4.69, 9.17) is 18.9 Å². The first-order valence-electron chi connectivity index (χ1n) is 27.4. The van der Waals surface area contributed by atoms with Crippen molar-refractivity contribution in [2.45, 2.75) is 24.9 Å². The van der Waals surface area contributed by atoms with Gasteiger partial charge in [0.25, 0.3) is 0 Å². The van der Waals surface area contributed by atoms with Crippen LogP contribution in [-0.4, -0.2) is 71.4 Å². The Labute approximate surface area is 465 Å². The van der Waals surface area contributed by atoms with Crippen LogP contribution >= 0.6 is 0 Å². The van der Waals surface area contributed by atoms with Gasteiger partial charge in [-0.25, -0.2) is 14.0 Å². The van der Waals surface area contributed by atoms with Gasteiger partial charge in [0.05, 0.1) is 23.9 Å². The van der Waals surface area contributed by atoms with Crippen molar-refractivity contribution in [2.24, 2.45) is 0 Å². The number of ether oxygens (including phenoxy) is 4. The zero-order valence-electron chi connectivity index (χ0n) is 44.9. The molecule has 80 heavy (non-hydrogen) atoms. The van der Waals surface area contributed by atoms with Crippen LogP contribution in [0.15, 0.2) is 200 Å². The summed E-state index contributed by atoms with van der Waals surface area (Å²) in [7, 11) is 1.76. The van der Waals surface area contributed by atoms with Crippen LogP contribution in [0.3, 0.4) is 0 Å². The number of hydrogen-bond donors (Lipinski definition) is 0. The van der Waals surface area contributed by atoms with Gasteiger partial charge in [-0.1, -0.05) is 105 Å². The predicted molar refractivity (Wildman–Crippen MR) is 316 cm³/mol. The summed E-state index contributed by atoms with van der Waals surface area (Å²) in [5, 5.41) is 2.13. The summed E-state index contributed by atoms with van der Waals surface area (Å²) >= 11 is 0. The number of carbonyl (C=O) groups excluding carboxylic acids is 2. The van der Waals surface area contributed by atoms with Crippen LogP contribution in [0.1, 0.15) is 62.4 Å². The summed E-state index contributed by atoms with van der Waals surface area (Å²) in [4.78, 5) is 35.4. The first-order chi connectivity index (χ1) is 39.0. The third-order valence-corrected chi connectivity index (χ3v) is 16.5. The molecule has 3 aliphatic heterocycles. The average molecular weight is 1060 g/mol. The van der Waals surface area contributed by atoms with Crippen LogP contribution in [-0.2, 0) is 11.0 Å². The van der Waals surface area contributed by atoms with Crippen molar-refractivity contribution in [3.05, 3.63) is 245 Å². The molecule has 4 aliphatic rings. The van der Waals surface area contributed by atoms with Gasteiger partial charge >= 0.3 is 11.9 Å². The second-order valence-corrected chi connectivity index (χ2v) is 21.4. The van der Waals surface area contributed by atoms with E-state index in [9.17, 15) is 14.0 Å². The standard InChI is InChI=1S/C69H59FN4O6/c1-68(2)60-17-11-10-16-56(60)63-58-44-61(74-42-40-73(41-43-74)53-28-32-55(33-29-53)79-67(76)47-20-30-54(31-21-47)78-66(75)46-18-24-50(70)25-19-46)62(77-3)45-59(58)65-57(64(63)68)34-35-69(80-65,48-12-6-4-7-13-48)49-22-26-52(27-23-49)72-38-36-71(37-39-72)51-14-8-5-9-15-51/h4-35,44-45H,36-43H2,1-3H3. The average Bonchev–Trinajstić information content (AvgIpc) is 2.96. The number of esters is 2. The Bertz CT molecular complexity index is 3820. The highest BCUT2D eigenvalue weighted by atomic mass is 19.1. The number of carbonyl (C=O) groups is 2. The zero-order chi connectivity index (χ0) is 54.5. The number of hydrogen-bond acceptors (Lipinski definition) is 10. The number of halogens is 1. The number of benzene rings is 9. The van der Waals surface area contributed by atoms with Crippen molar-refractivity contribution in [2.75, 3.05) is 79.1 Å². The number of methoxy groups -OCH3 is 1. The molecule has 0 amide bonds. The quantitative estimate of drug-likeness (QED) is 0.0922. The Hall–Kier alpha value is -9.35. The van der Waals surface area contributed by atoms with E-state index < -0.39 is 23.4 Å². The van der Waals surface area contributed by atoms with Crippen LogP contribution in [0.4, 0.5) is 27.1 Å². The Morgan fingerprint density at radius 2 is 1.01 bits per heavy atom. The van der Waals surface area contributed by atoms with Gasteiger partial charge in [-0.05, 0) is 143 Å². The van der Waals surface area contributed by atoms with Crippen molar-refractivity contribution in [3.63, 3.8) is 0 Å². The summed E-state index contributed by atoms with van der Waals surface area (Å²) in [6, 6.07) is 62.5. The molecule has 9 aromatic carbocycles. The molecule has 1 atom stereocenters. The SMILES string of the molecule is COc1cc2c3c(c4c(c2cc1N1CCN(c2ccc(OC(=O)c5ccc(OC(=O)c6ccc(F)cc6)cc5)cc2)CC1)-c1ccccc1C4(C)C)C=CC(c1ccccc1)(c1ccc(N2CCN(c4ccccc4)CC2)cc1)O3. The van der Waals surface area contributed by atoms with Crippen molar-refractivity contribution in [3.8, 4) is 34.1 Å². The molecule has 2 saturated heterocycles. The minimum atomic E-state index is -0.919. The molecule has 1 aliphatic carbocycles. The van der Waals surface area contributed by atoms with Crippen LogP contribution in [0.2, 0.25) is 0 Å². The number of rotatable bonds is 11. The third-order valence-electron chi connectivity index (χ3n) is 16.5. The number of nitrogens with zero attached hydrogens (tertiary/aromatic N) is 4. The minimum Gasteiger partial charge on any atom is -0.495 e. The fourth-order valence-electron chi connectivity index (χ4n) is 12.3. The molecule has 0 N–H and O–H groups in total. The van der Waals surface area contributed by atoms with E-state index in [2.05, 4.69) is 167 Å². The molecule has 3 heterocycles. The summed E-state index contributed by atoms with van der Waals surface area (Å²) in [5.74, 6) is 0.663. The van der Waals surface area contributed by atoms with Gasteiger partial charge < -0.3 is 38.5 Å². The molecular weight excluding hydrogens is 1000 g/mol. The van der Waals surface area contributed by atoms with Crippen LogP contribution in [0.5, 0.6) is 23.0 Å². The smallest absolute Gasteiger partial charge is 0.343 e. The van der Waals surface area contributed by atoms with Crippen molar-refractivity contribution >= 4 is 51.5 Å². The molecule has 9 aromatic rings. The Kier molecular flexibility index (Phi) is 12.8. The van der Waals surface area contributed by atoms with Crippen LogP contribution in [0.25, 0.3) is 28.0 Å². The highest BCUT2D eigenvalue weighted by Gasteiger charge is 2.45. The maximum absolute atomic E-state index is 13.3. The first-order valence-corrected chi connectivity index (χ1v) is 27.4. The molecule has 0 aromatic heterocycles. The van der Waals surface area contributed by atoms with Gasteiger partial charge in [0.1, 0.15) is 28.8 Å². The molecule has 10 nitrogen and oxygen atoms in total. The van der Waals surface area contributed by atoms with Gasteiger partial charge in [0.15, 0.2) is 5.60 Å². The second-order valence-electron chi connectivity index (χ2n) is 21.4. The number of para-hydroxylation sites is 1. The molecule has 1 unspecified atom stereocenters. The predicted octanol–water partition coefficient (Wildman–Crippen LogP) is 13.7. The molecule has 0 bridgehead atoms. The van der Waals surface area contributed by atoms with Gasteiger partial charge in [-0.3, -0.25) is 0 Å². The molecule has 0 radical (unpaired) electrons.